The zero-order valence-corrected chi connectivity index (χ0v) is 38.1. The van der Waals surface area contributed by atoms with Crippen LogP contribution in [0.5, 0.6) is 0 Å². The molecule has 0 aliphatic heterocycles. The molecular formula is C49H95NO5S. The molecule has 0 bridgehead atoms. The van der Waals surface area contributed by atoms with Crippen molar-refractivity contribution in [3.63, 3.8) is 0 Å². The third-order valence-corrected chi connectivity index (χ3v) is 12.2. The van der Waals surface area contributed by atoms with Crippen molar-refractivity contribution in [3.05, 3.63) is 24.3 Å². The van der Waals surface area contributed by atoms with E-state index in [-0.39, 0.29) is 5.91 Å². The number of aliphatic hydroxyl groups is 1. The van der Waals surface area contributed by atoms with E-state index in [1.54, 1.807) is 0 Å². The van der Waals surface area contributed by atoms with Crippen molar-refractivity contribution in [2.75, 3.05) is 5.75 Å². The molecule has 0 fully saturated rings. The van der Waals surface area contributed by atoms with Gasteiger partial charge in [0.15, 0.2) is 0 Å². The maximum Gasteiger partial charge on any atom is 0.267 e. The molecule has 0 saturated heterocycles. The van der Waals surface area contributed by atoms with Crippen LogP contribution in [-0.2, 0) is 14.9 Å². The van der Waals surface area contributed by atoms with Crippen LogP contribution >= 0.6 is 0 Å². The quantitative estimate of drug-likeness (QED) is 0.0323. The normalized spacial score (nSPS) is 13.3. The van der Waals surface area contributed by atoms with Crippen LogP contribution < -0.4 is 5.32 Å². The lowest BCUT2D eigenvalue weighted by atomic mass is 10.0. The molecule has 3 N–H and O–H groups in total. The third kappa shape index (κ3) is 43.9. The van der Waals surface area contributed by atoms with Crippen LogP contribution in [0.3, 0.4) is 0 Å². The lowest BCUT2D eigenvalue weighted by Crippen LogP contribution is -2.46. The van der Waals surface area contributed by atoms with Gasteiger partial charge in [0.1, 0.15) is 0 Å². The molecule has 0 aromatic heterocycles. The highest BCUT2D eigenvalue weighted by Crippen LogP contribution is 2.16. The van der Waals surface area contributed by atoms with Gasteiger partial charge in [0.05, 0.1) is 17.9 Å². The van der Waals surface area contributed by atoms with E-state index in [0.29, 0.717) is 6.42 Å². The Bertz CT molecular complexity index is 981. The summed E-state index contributed by atoms with van der Waals surface area (Å²) in [6, 6.07) is -1.07. The summed E-state index contributed by atoms with van der Waals surface area (Å²) in [5, 5.41) is 13.3. The molecule has 2 unspecified atom stereocenters. The fourth-order valence-electron chi connectivity index (χ4n) is 7.70. The molecule has 56 heavy (non-hydrogen) atoms. The number of hydrogen-bond acceptors (Lipinski definition) is 4. The van der Waals surface area contributed by atoms with E-state index in [2.05, 4.69) is 31.3 Å². The number of unbranched alkanes of at least 4 members (excludes halogenated alkanes) is 35. The van der Waals surface area contributed by atoms with Crippen molar-refractivity contribution < 1.29 is 22.9 Å². The van der Waals surface area contributed by atoms with E-state index in [1.807, 2.05) is 6.08 Å². The Kier molecular flexibility index (Phi) is 42.5. The monoisotopic (exact) mass is 810 g/mol. The molecule has 0 aromatic carbocycles. The van der Waals surface area contributed by atoms with Gasteiger partial charge >= 0.3 is 0 Å². The molecular weight excluding hydrogens is 715 g/mol. The Morgan fingerprint density at radius 2 is 0.768 bits per heavy atom. The van der Waals surface area contributed by atoms with Crippen LogP contribution in [-0.4, -0.2) is 41.9 Å². The first-order chi connectivity index (χ1) is 27.3. The standard InChI is InChI=1S/C49H95NO5S/c1-3-5-7-9-11-13-15-17-19-21-23-25-26-28-30-32-34-36-38-40-42-44-48(51)47(46-56(53,54)55)50-49(52)45-43-41-39-37-35-33-31-29-27-24-22-20-18-16-14-12-10-8-6-4-2/h34,36,42,44,47-48,51H,3-33,35,37-41,43,45-46H2,1-2H3,(H,50,52)(H,53,54,55)/b36-34+,44-42+. The fourth-order valence-corrected chi connectivity index (χ4v) is 8.44. The zero-order valence-electron chi connectivity index (χ0n) is 37.3. The predicted octanol–water partition coefficient (Wildman–Crippen LogP) is 15.1. The highest BCUT2D eigenvalue weighted by Gasteiger charge is 2.24. The molecule has 0 heterocycles. The summed E-state index contributed by atoms with van der Waals surface area (Å²) in [4.78, 5) is 12.6. The summed E-state index contributed by atoms with van der Waals surface area (Å²) in [6.07, 6.45) is 56.1. The number of carbonyl (C=O) groups excluding carboxylic acids is 1. The number of aliphatic hydroxyl groups excluding tert-OH is 1. The van der Waals surface area contributed by atoms with Crippen molar-refractivity contribution in [2.45, 2.75) is 276 Å². The molecule has 7 heteroatoms. The van der Waals surface area contributed by atoms with E-state index >= 15 is 0 Å². The Morgan fingerprint density at radius 1 is 0.464 bits per heavy atom. The molecule has 0 aromatic rings. The third-order valence-electron chi connectivity index (χ3n) is 11.4. The first kappa shape index (κ1) is 54.8. The van der Waals surface area contributed by atoms with Crippen molar-refractivity contribution >= 4 is 16.0 Å². The number of hydrogen-bond donors (Lipinski definition) is 3. The molecule has 0 aliphatic rings. The Labute approximate surface area is 349 Å². The van der Waals surface area contributed by atoms with Crippen molar-refractivity contribution in [2.24, 2.45) is 0 Å². The Hall–Kier alpha value is -1.18. The zero-order chi connectivity index (χ0) is 41.1. The number of carbonyl (C=O) groups is 1. The van der Waals surface area contributed by atoms with E-state index in [4.69, 9.17) is 0 Å². The average molecular weight is 810 g/mol. The van der Waals surface area contributed by atoms with Gasteiger partial charge in [-0.25, -0.2) is 0 Å². The highest BCUT2D eigenvalue weighted by molar-refractivity contribution is 7.85. The van der Waals surface area contributed by atoms with Gasteiger partial charge in [0.2, 0.25) is 5.91 Å². The maximum atomic E-state index is 12.6. The second-order valence-corrected chi connectivity index (χ2v) is 18.6. The van der Waals surface area contributed by atoms with Gasteiger partial charge in [-0.1, -0.05) is 250 Å². The van der Waals surface area contributed by atoms with E-state index in [9.17, 15) is 22.9 Å². The van der Waals surface area contributed by atoms with Gasteiger partial charge in [0, 0.05) is 6.42 Å². The molecule has 1 amide bonds. The maximum absolute atomic E-state index is 12.6. The average Bonchev–Trinajstić information content (AvgIpc) is 3.16. The van der Waals surface area contributed by atoms with Crippen molar-refractivity contribution in [3.8, 4) is 0 Å². The number of allylic oxidation sites excluding steroid dienone is 3. The van der Waals surface area contributed by atoms with Gasteiger partial charge in [-0.3, -0.25) is 9.35 Å². The molecule has 6 nitrogen and oxygen atoms in total. The Morgan fingerprint density at radius 3 is 1.12 bits per heavy atom. The SMILES string of the molecule is CCCCCCCCCCCCCCCCC/C=C/CC/C=C/C(O)C(CS(=O)(=O)O)NC(=O)CCCCCCCCCCCCCCCCCCCCCC. The van der Waals surface area contributed by atoms with Crippen LogP contribution in [0.15, 0.2) is 24.3 Å². The van der Waals surface area contributed by atoms with Crippen molar-refractivity contribution in [1.29, 1.82) is 0 Å². The molecule has 0 aliphatic carbocycles. The first-order valence-electron chi connectivity index (χ1n) is 24.5. The number of rotatable bonds is 45. The minimum absolute atomic E-state index is 0.282. The van der Waals surface area contributed by atoms with Gasteiger partial charge in [0.25, 0.3) is 10.1 Å². The summed E-state index contributed by atoms with van der Waals surface area (Å²) in [7, 11) is -4.35. The first-order valence-corrected chi connectivity index (χ1v) is 26.1. The van der Waals surface area contributed by atoms with E-state index in [1.165, 1.54) is 212 Å². The largest absolute Gasteiger partial charge is 0.387 e. The minimum Gasteiger partial charge on any atom is -0.387 e. The molecule has 0 radical (unpaired) electrons. The molecule has 0 spiro atoms. The van der Waals surface area contributed by atoms with Crippen LogP contribution in [0.4, 0.5) is 0 Å². The van der Waals surface area contributed by atoms with Gasteiger partial charge in [-0.05, 0) is 32.1 Å². The summed E-state index contributed by atoms with van der Waals surface area (Å²) >= 11 is 0. The number of nitrogens with one attached hydrogen (secondary N) is 1. The van der Waals surface area contributed by atoms with Crippen LogP contribution in [0.25, 0.3) is 0 Å². The lowest BCUT2D eigenvalue weighted by molar-refractivity contribution is -0.122. The van der Waals surface area contributed by atoms with Crippen LogP contribution in [0, 0.1) is 0 Å². The topological polar surface area (TPSA) is 104 Å². The van der Waals surface area contributed by atoms with Crippen LogP contribution in [0.2, 0.25) is 0 Å². The molecule has 332 valence electrons. The summed E-state index contributed by atoms with van der Waals surface area (Å²) in [5.74, 6) is -0.988. The smallest absolute Gasteiger partial charge is 0.267 e. The van der Waals surface area contributed by atoms with Gasteiger partial charge in [-0.15, -0.1) is 0 Å². The second kappa shape index (κ2) is 43.4. The Balaban J connectivity index is 3.83. The van der Waals surface area contributed by atoms with Crippen LogP contribution in [0.1, 0.15) is 264 Å². The summed E-state index contributed by atoms with van der Waals surface area (Å²) in [6.45, 7) is 4.56. The number of amides is 1. The molecule has 0 saturated carbocycles. The lowest BCUT2D eigenvalue weighted by Gasteiger charge is -2.21. The summed E-state index contributed by atoms with van der Waals surface area (Å²) < 4.78 is 32.6. The van der Waals surface area contributed by atoms with E-state index < -0.39 is 28.0 Å². The minimum atomic E-state index is -4.35. The summed E-state index contributed by atoms with van der Waals surface area (Å²) in [5.41, 5.74) is 0. The second-order valence-electron chi connectivity index (χ2n) is 17.1. The molecule has 2 atom stereocenters. The van der Waals surface area contributed by atoms with E-state index in [0.717, 1.165) is 38.5 Å². The van der Waals surface area contributed by atoms with Gasteiger partial charge < -0.3 is 10.4 Å². The highest BCUT2D eigenvalue weighted by atomic mass is 32.2. The van der Waals surface area contributed by atoms with Crippen molar-refractivity contribution in [1.82, 2.24) is 5.32 Å². The predicted molar refractivity (Wildman–Crippen MR) is 244 cm³/mol. The van der Waals surface area contributed by atoms with Gasteiger partial charge in [-0.2, -0.15) is 8.42 Å². The fraction of sp³-hybridized carbons (Fsp3) is 0.898. The molecule has 0 rings (SSSR count).